The van der Waals surface area contributed by atoms with E-state index in [2.05, 4.69) is 12.2 Å². The van der Waals surface area contributed by atoms with Crippen LogP contribution in [0.1, 0.15) is 65.0 Å². The van der Waals surface area contributed by atoms with Gasteiger partial charge in [0, 0.05) is 24.1 Å². The summed E-state index contributed by atoms with van der Waals surface area (Å²) in [6.07, 6.45) is 2.44. The van der Waals surface area contributed by atoms with Crippen LogP contribution < -0.4 is 10.1 Å². The number of unbranched alkanes of at least 4 members (excludes halogenated alkanes) is 1. The monoisotopic (exact) mass is 418 g/mol. The zero-order chi connectivity index (χ0) is 22.3. The zero-order valence-corrected chi connectivity index (χ0v) is 18.7. The van der Waals surface area contributed by atoms with Crippen molar-refractivity contribution in [3.05, 3.63) is 29.8 Å². The fourth-order valence-corrected chi connectivity index (χ4v) is 3.79. The number of carbonyl (C=O) groups excluding carboxylic acids is 3. The van der Waals surface area contributed by atoms with Crippen molar-refractivity contribution in [1.29, 1.82) is 0 Å². The zero-order valence-electron chi connectivity index (χ0n) is 18.7. The third kappa shape index (κ3) is 6.21. The number of nitrogens with one attached hydrogen (secondary N) is 1. The van der Waals surface area contributed by atoms with Crippen LogP contribution >= 0.6 is 0 Å². The van der Waals surface area contributed by atoms with Gasteiger partial charge in [0.05, 0.1) is 19.1 Å². The van der Waals surface area contributed by atoms with Crippen molar-refractivity contribution < 1.29 is 23.9 Å². The molecular weight excluding hydrogens is 384 g/mol. The minimum Gasteiger partial charge on any atom is -0.496 e. The maximum Gasteiger partial charge on any atom is 0.311 e. The van der Waals surface area contributed by atoms with E-state index in [1.165, 1.54) is 0 Å². The van der Waals surface area contributed by atoms with E-state index in [1.54, 1.807) is 12.0 Å². The molecule has 0 aliphatic carbocycles. The molecule has 0 aromatic heterocycles. The number of nitrogens with zero attached hydrogens (tertiary/aromatic N) is 1. The van der Waals surface area contributed by atoms with E-state index in [-0.39, 0.29) is 24.8 Å². The first-order valence-corrected chi connectivity index (χ1v) is 10.6. The highest BCUT2D eigenvalue weighted by Crippen LogP contribution is 2.41. The van der Waals surface area contributed by atoms with E-state index in [4.69, 9.17) is 9.47 Å². The number of methoxy groups -OCH3 is 1. The first-order valence-electron chi connectivity index (χ1n) is 10.6. The Morgan fingerprint density at radius 1 is 1.23 bits per heavy atom. The fourth-order valence-electron chi connectivity index (χ4n) is 3.79. The third-order valence-electron chi connectivity index (χ3n) is 5.08. The second-order valence-electron chi connectivity index (χ2n) is 8.68. The number of piperidine rings is 1. The highest BCUT2D eigenvalue weighted by Gasteiger charge is 2.42. The van der Waals surface area contributed by atoms with Gasteiger partial charge in [-0.2, -0.15) is 0 Å². The third-order valence-corrected chi connectivity index (χ3v) is 5.08. The molecule has 1 saturated heterocycles. The molecule has 0 unspecified atom stereocenters. The summed E-state index contributed by atoms with van der Waals surface area (Å²) in [7, 11) is 1.57. The van der Waals surface area contributed by atoms with Crippen LogP contribution in [0, 0.1) is 5.92 Å². The lowest BCUT2D eigenvalue weighted by Gasteiger charge is -2.40. The molecule has 1 aliphatic heterocycles. The van der Waals surface area contributed by atoms with Gasteiger partial charge in [0.2, 0.25) is 5.91 Å². The van der Waals surface area contributed by atoms with Crippen LogP contribution in [0.4, 0.5) is 0 Å². The van der Waals surface area contributed by atoms with Gasteiger partial charge in [-0.1, -0.05) is 31.5 Å². The standard InChI is InChI=1S/C23H34N2O5/c1-6-7-14-25-20(27)13-12-17(21(25)16-10-8-9-11-18(16)29-5)22(28)30-15-19(26)24-23(2,3)4/h8-11,17,21H,6-7,12-15H2,1-5H3,(H,24,26)/t17-,21+/m1/s1. The lowest BCUT2D eigenvalue weighted by molar-refractivity contribution is -0.160. The number of carbonyl (C=O) groups is 3. The average molecular weight is 419 g/mol. The van der Waals surface area contributed by atoms with E-state index >= 15 is 0 Å². The van der Waals surface area contributed by atoms with Crippen molar-refractivity contribution in [1.82, 2.24) is 10.2 Å². The number of amides is 2. The van der Waals surface area contributed by atoms with Crippen LogP contribution in [0.15, 0.2) is 24.3 Å². The lowest BCUT2D eigenvalue weighted by Crippen LogP contribution is -2.47. The van der Waals surface area contributed by atoms with Crippen molar-refractivity contribution in [2.45, 2.75) is 65.0 Å². The van der Waals surface area contributed by atoms with Crippen molar-refractivity contribution in [2.24, 2.45) is 5.92 Å². The second-order valence-corrected chi connectivity index (χ2v) is 8.68. The topological polar surface area (TPSA) is 84.9 Å². The summed E-state index contributed by atoms with van der Waals surface area (Å²) in [6.45, 7) is 7.88. The Hall–Kier alpha value is -2.57. The minimum absolute atomic E-state index is 0.0221. The number of hydrogen-bond donors (Lipinski definition) is 1. The molecule has 2 rings (SSSR count). The Labute approximate surface area is 179 Å². The molecule has 1 aromatic carbocycles. The summed E-state index contributed by atoms with van der Waals surface area (Å²) in [5.74, 6) is -0.725. The SMILES string of the molecule is CCCCN1C(=O)CC[C@@H](C(=O)OCC(=O)NC(C)(C)C)[C@@H]1c1ccccc1OC. The molecule has 1 heterocycles. The van der Waals surface area contributed by atoms with Crippen LogP contribution in [0.2, 0.25) is 0 Å². The van der Waals surface area contributed by atoms with E-state index < -0.39 is 23.5 Å². The van der Waals surface area contributed by atoms with Gasteiger partial charge in [-0.25, -0.2) is 0 Å². The van der Waals surface area contributed by atoms with Gasteiger partial charge in [0.15, 0.2) is 6.61 Å². The van der Waals surface area contributed by atoms with Crippen LogP contribution in [0.5, 0.6) is 5.75 Å². The number of benzene rings is 1. The van der Waals surface area contributed by atoms with Gasteiger partial charge < -0.3 is 19.7 Å². The summed E-state index contributed by atoms with van der Waals surface area (Å²) in [4.78, 5) is 39.6. The molecule has 7 heteroatoms. The Morgan fingerprint density at radius 2 is 1.93 bits per heavy atom. The van der Waals surface area contributed by atoms with Gasteiger partial charge in [-0.05, 0) is 39.7 Å². The molecule has 7 nitrogen and oxygen atoms in total. The number of rotatable bonds is 8. The highest BCUT2D eigenvalue weighted by molar-refractivity contribution is 5.85. The quantitative estimate of drug-likeness (QED) is 0.655. The first-order chi connectivity index (χ1) is 14.2. The maximum atomic E-state index is 13.0. The van der Waals surface area contributed by atoms with Crippen LogP contribution in [0.25, 0.3) is 0 Å². The van der Waals surface area contributed by atoms with Gasteiger partial charge in [-0.15, -0.1) is 0 Å². The molecule has 0 bridgehead atoms. The molecule has 1 aliphatic rings. The summed E-state index contributed by atoms with van der Waals surface area (Å²) >= 11 is 0. The Kier molecular flexibility index (Phi) is 8.26. The molecule has 0 radical (unpaired) electrons. The van der Waals surface area contributed by atoms with E-state index in [0.29, 0.717) is 18.7 Å². The normalized spacial score (nSPS) is 19.4. The molecule has 1 fully saturated rings. The minimum atomic E-state index is -0.557. The van der Waals surface area contributed by atoms with E-state index in [9.17, 15) is 14.4 Å². The summed E-state index contributed by atoms with van der Waals surface area (Å²) in [5.41, 5.74) is 0.378. The average Bonchev–Trinajstić information content (AvgIpc) is 2.69. The first kappa shape index (κ1) is 23.7. The number of hydrogen-bond acceptors (Lipinski definition) is 5. The van der Waals surface area contributed by atoms with Gasteiger partial charge in [-0.3, -0.25) is 14.4 Å². The van der Waals surface area contributed by atoms with Crippen molar-refractivity contribution >= 4 is 17.8 Å². The molecular formula is C23H34N2O5. The lowest BCUT2D eigenvalue weighted by atomic mass is 9.83. The molecule has 2 atom stereocenters. The smallest absolute Gasteiger partial charge is 0.311 e. The predicted molar refractivity (Wildman–Crippen MR) is 114 cm³/mol. The van der Waals surface area contributed by atoms with Crippen LogP contribution in [0.3, 0.4) is 0 Å². The number of esters is 1. The largest absolute Gasteiger partial charge is 0.496 e. The fraction of sp³-hybridized carbons (Fsp3) is 0.609. The van der Waals surface area contributed by atoms with E-state index in [1.807, 2.05) is 45.0 Å². The summed E-state index contributed by atoms with van der Waals surface area (Å²) in [5, 5.41) is 2.78. The molecule has 166 valence electrons. The van der Waals surface area contributed by atoms with Crippen molar-refractivity contribution in [3.63, 3.8) is 0 Å². The molecule has 0 spiro atoms. The molecule has 30 heavy (non-hydrogen) atoms. The van der Waals surface area contributed by atoms with Crippen molar-refractivity contribution in [2.75, 3.05) is 20.3 Å². The van der Waals surface area contributed by atoms with Gasteiger partial charge in [0.1, 0.15) is 5.75 Å². The van der Waals surface area contributed by atoms with Crippen molar-refractivity contribution in [3.8, 4) is 5.75 Å². The molecule has 0 saturated carbocycles. The summed E-state index contributed by atoms with van der Waals surface area (Å²) < 4.78 is 10.9. The molecule has 1 N–H and O–H groups in total. The molecule has 2 amide bonds. The van der Waals surface area contributed by atoms with E-state index in [0.717, 1.165) is 18.4 Å². The van der Waals surface area contributed by atoms with Gasteiger partial charge >= 0.3 is 5.97 Å². The number of likely N-dealkylation sites (tertiary alicyclic amines) is 1. The summed E-state index contributed by atoms with van der Waals surface area (Å²) in [6, 6.07) is 6.95. The number of ether oxygens (including phenoxy) is 2. The number of para-hydroxylation sites is 1. The highest BCUT2D eigenvalue weighted by atomic mass is 16.5. The van der Waals surface area contributed by atoms with Crippen LogP contribution in [-0.2, 0) is 19.1 Å². The van der Waals surface area contributed by atoms with Crippen LogP contribution in [-0.4, -0.2) is 48.5 Å². The Morgan fingerprint density at radius 3 is 2.57 bits per heavy atom. The van der Waals surface area contributed by atoms with Gasteiger partial charge in [0.25, 0.3) is 5.91 Å². The second kappa shape index (κ2) is 10.5. The Bertz CT molecular complexity index is 756. The molecule has 1 aromatic rings. The predicted octanol–water partition coefficient (Wildman–Crippen LogP) is 3.23. The maximum absolute atomic E-state index is 13.0. The Balaban J connectivity index is 2.27.